The molecule has 5 rings (SSSR count). The van der Waals surface area contributed by atoms with Gasteiger partial charge in [-0.1, -0.05) is 29.8 Å². The minimum absolute atomic E-state index is 0.375. The Balaban J connectivity index is 1.88. The van der Waals surface area contributed by atoms with Crippen molar-refractivity contribution in [2.24, 2.45) is 0 Å². The van der Waals surface area contributed by atoms with Gasteiger partial charge in [-0.25, -0.2) is 4.79 Å². The fraction of sp³-hybridized carbons (Fsp3) is 0.136. The van der Waals surface area contributed by atoms with Crippen molar-refractivity contribution in [1.82, 2.24) is 0 Å². The Morgan fingerprint density at radius 3 is 2.50 bits per heavy atom. The second kappa shape index (κ2) is 5.66. The summed E-state index contributed by atoms with van der Waals surface area (Å²) >= 11 is 6.26. The van der Waals surface area contributed by atoms with Gasteiger partial charge in [0.2, 0.25) is 0 Å². The molecule has 0 fully saturated rings. The molecule has 2 aliphatic heterocycles. The summed E-state index contributed by atoms with van der Waals surface area (Å²) in [6, 6.07) is 16.6. The molecule has 0 bridgehead atoms. The summed E-state index contributed by atoms with van der Waals surface area (Å²) in [6.07, 6.45) is 0. The fourth-order valence-corrected chi connectivity index (χ4v) is 4.13. The molecular weight excluding hydrogens is 376 g/mol. The molecule has 1 spiro atoms. The zero-order valence-corrected chi connectivity index (χ0v) is 16.1. The van der Waals surface area contributed by atoms with Crippen LogP contribution in [0.25, 0.3) is 0 Å². The third-order valence-corrected chi connectivity index (χ3v) is 5.66. The predicted molar refractivity (Wildman–Crippen MR) is 108 cm³/mol. The summed E-state index contributed by atoms with van der Waals surface area (Å²) in [5.41, 5.74) is 9.07. The van der Waals surface area contributed by atoms with Gasteiger partial charge in [0.25, 0.3) is 0 Å². The quantitative estimate of drug-likeness (QED) is 0.486. The number of hydrogen-bond donors (Lipinski definition) is 1. The summed E-state index contributed by atoms with van der Waals surface area (Å²) in [6.45, 7) is 0. The van der Waals surface area contributed by atoms with Crippen LogP contribution in [0.15, 0.2) is 54.6 Å². The highest BCUT2D eigenvalue weighted by atomic mass is 35.5. The normalized spacial score (nSPS) is 18.8. The second-order valence-corrected chi connectivity index (χ2v) is 7.57. The molecule has 2 N–H and O–H groups in total. The van der Waals surface area contributed by atoms with Gasteiger partial charge in [-0.05, 0) is 24.3 Å². The number of fused-ring (bicyclic) bond motifs is 6. The summed E-state index contributed by atoms with van der Waals surface area (Å²) in [5, 5.41) is 0.388. The van der Waals surface area contributed by atoms with E-state index in [0.29, 0.717) is 33.3 Å². The van der Waals surface area contributed by atoms with E-state index in [-0.39, 0.29) is 5.97 Å². The molecule has 2 aliphatic rings. The van der Waals surface area contributed by atoms with E-state index in [1.54, 1.807) is 18.2 Å². The summed E-state index contributed by atoms with van der Waals surface area (Å²) in [4.78, 5) is 14.7. The number of carbonyl (C=O) groups is 1. The second-order valence-electron chi connectivity index (χ2n) is 7.16. The molecular formula is C22H17ClN2O3. The van der Waals surface area contributed by atoms with E-state index < -0.39 is 5.60 Å². The first kappa shape index (κ1) is 17.0. The molecule has 0 radical (unpaired) electrons. The van der Waals surface area contributed by atoms with Crippen molar-refractivity contribution in [2.75, 3.05) is 24.7 Å². The monoisotopic (exact) mass is 392 g/mol. The molecule has 6 heteroatoms. The van der Waals surface area contributed by atoms with E-state index >= 15 is 0 Å². The molecule has 140 valence electrons. The Kier molecular flexibility index (Phi) is 3.43. The van der Waals surface area contributed by atoms with Gasteiger partial charge in [-0.15, -0.1) is 0 Å². The maximum absolute atomic E-state index is 12.8. The number of ether oxygens (including phenoxy) is 2. The molecule has 0 saturated carbocycles. The number of hydrogen-bond acceptors (Lipinski definition) is 5. The highest BCUT2D eigenvalue weighted by Gasteiger charge is 2.53. The topological polar surface area (TPSA) is 64.8 Å². The standard InChI is InChI=1S/C22H17ClN2O3/c1-25(2)12-7-8-15-19(9-12)27-20-11-17(23)18(24)10-16(20)22(15)14-6-4-3-5-13(14)21(26)28-22/h3-11H,24H2,1-2H3. The molecule has 5 nitrogen and oxygen atoms in total. The Bertz CT molecular complexity index is 1160. The van der Waals surface area contributed by atoms with E-state index in [0.717, 1.165) is 16.8 Å². The number of nitrogen functional groups attached to an aromatic ring is 1. The number of benzene rings is 3. The van der Waals surface area contributed by atoms with Crippen LogP contribution in [-0.2, 0) is 10.3 Å². The average Bonchev–Trinajstić information content (AvgIpc) is 2.97. The van der Waals surface area contributed by atoms with Gasteiger partial charge < -0.3 is 20.1 Å². The molecule has 2 heterocycles. The SMILES string of the molecule is CN(C)c1ccc2c(c1)Oc1cc(Cl)c(N)cc1C21OC(=O)c2ccccc21. The van der Waals surface area contributed by atoms with Crippen molar-refractivity contribution in [1.29, 1.82) is 0 Å². The van der Waals surface area contributed by atoms with Gasteiger partial charge in [-0.3, -0.25) is 0 Å². The van der Waals surface area contributed by atoms with Crippen LogP contribution in [-0.4, -0.2) is 20.1 Å². The van der Waals surface area contributed by atoms with E-state index in [1.165, 1.54) is 0 Å². The Morgan fingerprint density at radius 2 is 1.71 bits per heavy atom. The van der Waals surface area contributed by atoms with Crippen LogP contribution in [0.2, 0.25) is 5.02 Å². The first-order valence-electron chi connectivity index (χ1n) is 8.84. The van der Waals surface area contributed by atoms with E-state index in [4.69, 9.17) is 26.8 Å². The number of anilines is 2. The lowest BCUT2D eigenvalue weighted by molar-refractivity contribution is 0.0224. The zero-order valence-electron chi connectivity index (χ0n) is 15.3. The van der Waals surface area contributed by atoms with E-state index in [9.17, 15) is 4.79 Å². The van der Waals surface area contributed by atoms with Crippen LogP contribution in [0.5, 0.6) is 11.5 Å². The maximum Gasteiger partial charge on any atom is 0.340 e. The maximum atomic E-state index is 12.8. The van der Waals surface area contributed by atoms with E-state index in [2.05, 4.69) is 0 Å². The number of carbonyl (C=O) groups excluding carboxylic acids is 1. The molecule has 0 aliphatic carbocycles. The lowest BCUT2D eigenvalue weighted by Crippen LogP contribution is -2.33. The summed E-state index contributed by atoms with van der Waals surface area (Å²) in [5.74, 6) is 0.760. The third-order valence-electron chi connectivity index (χ3n) is 5.33. The lowest BCUT2D eigenvalue weighted by atomic mass is 9.77. The smallest absolute Gasteiger partial charge is 0.340 e. The Labute approximate surface area is 167 Å². The number of halogens is 1. The van der Waals surface area contributed by atoms with Crippen molar-refractivity contribution in [2.45, 2.75) is 5.60 Å². The van der Waals surface area contributed by atoms with Crippen molar-refractivity contribution < 1.29 is 14.3 Å². The van der Waals surface area contributed by atoms with Gasteiger partial charge in [0.05, 0.1) is 16.3 Å². The fourth-order valence-electron chi connectivity index (χ4n) is 3.98. The van der Waals surface area contributed by atoms with Crippen LogP contribution in [0.3, 0.4) is 0 Å². The summed E-state index contributed by atoms with van der Waals surface area (Å²) in [7, 11) is 3.91. The average molecular weight is 393 g/mol. The van der Waals surface area contributed by atoms with Crippen molar-refractivity contribution >= 4 is 28.9 Å². The molecule has 1 unspecified atom stereocenters. The molecule has 3 aromatic rings. The van der Waals surface area contributed by atoms with Crippen LogP contribution in [0, 0.1) is 0 Å². The molecule has 3 aromatic carbocycles. The number of nitrogens with two attached hydrogens (primary N) is 1. The number of nitrogens with zero attached hydrogens (tertiary/aromatic N) is 1. The Hall–Kier alpha value is -3.18. The summed E-state index contributed by atoms with van der Waals surface area (Å²) < 4.78 is 12.3. The molecule has 1 atom stereocenters. The van der Waals surface area contributed by atoms with Crippen molar-refractivity contribution in [3.05, 3.63) is 81.9 Å². The predicted octanol–water partition coefficient (Wildman–Crippen LogP) is 4.56. The largest absolute Gasteiger partial charge is 0.456 e. The zero-order chi connectivity index (χ0) is 19.6. The van der Waals surface area contributed by atoms with Gasteiger partial charge in [0.15, 0.2) is 5.60 Å². The molecule has 28 heavy (non-hydrogen) atoms. The van der Waals surface area contributed by atoms with Crippen LogP contribution >= 0.6 is 11.6 Å². The lowest BCUT2D eigenvalue weighted by Gasteiger charge is -2.37. The first-order valence-corrected chi connectivity index (χ1v) is 9.21. The minimum atomic E-state index is -1.12. The minimum Gasteiger partial charge on any atom is -0.456 e. The third kappa shape index (κ3) is 2.11. The van der Waals surface area contributed by atoms with E-state index in [1.807, 2.05) is 55.4 Å². The van der Waals surface area contributed by atoms with Crippen LogP contribution in [0.4, 0.5) is 11.4 Å². The Morgan fingerprint density at radius 1 is 0.964 bits per heavy atom. The molecule has 0 amide bonds. The van der Waals surface area contributed by atoms with Gasteiger partial charge in [-0.2, -0.15) is 0 Å². The van der Waals surface area contributed by atoms with Gasteiger partial charge in [0, 0.05) is 48.6 Å². The first-order chi connectivity index (χ1) is 13.4. The van der Waals surface area contributed by atoms with Crippen LogP contribution in [0.1, 0.15) is 27.0 Å². The highest BCUT2D eigenvalue weighted by Crippen LogP contribution is 2.57. The highest BCUT2D eigenvalue weighted by molar-refractivity contribution is 6.33. The van der Waals surface area contributed by atoms with Crippen LogP contribution < -0.4 is 15.4 Å². The van der Waals surface area contributed by atoms with Gasteiger partial charge >= 0.3 is 5.97 Å². The van der Waals surface area contributed by atoms with Gasteiger partial charge in [0.1, 0.15) is 11.5 Å². The van der Waals surface area contributed by atoms with Crippen molar-refractivity contribution in [3.8, 4) is 11.5 Å². The number of esters is 1. The molecule has 0 saturated heterocycles. The number of rotatable bonds is 1. The molecule has 0 aromatic heterocycles. The van der Waals surface area contributed by atoms with Crippen molar-refractivity contribution in [3.63, 3.8) is 0 Å².